The van der Waals surface area contributed by atoms with E-state index in [0.717, 1.165) is 31.2 Å². The zero-order chi connectivity index (χ0) is 14.0. The van der Waals surface area contributed by atoms with Crippen molar-refractivity contribution < 1.29 is 32.2 Å². The van der Waals surface area contributed by atoms with Crippen LogP contribution in [-0.2, 0) is 11.0 Å². The predicted molar refractivity (Wildman–Crippen MR) is 54.1 cm³/mol. The summed E-state index contributed by atoms with van der Waals surface area (Å²) in [4.78, 5) is 10.4. The molecule has 1 aromatic carbocycles. The molecule has 1 unspecified atom stereocenters. The van der Waals surface area contributed by atoms with Crippen LogP contribution in [0.25, 0.3) is 0 Å². The second kappa shape index (κ2) is 4.83. The van der Waals surface area contributed by atoms with Crippen molar-refractivity contribution in [1.29, 1.82) is 0 Å². The van der Waals surface area contributed by atoms with Crippen LogP contribution < -0.4 is 4.74 Å². The lowest BCUT2D eigenvalue weighted by molar-refractivity contribution is -0.151. The molecule has 1 rings (SSSR count). The number of hydrogen-bond donors (Lipinski definition) is 1. The summed E-state index contributed by atoms with van der Waals surface area (Å²) in [6, 6.07) is 3.54. The maximum atomic E-state index is 13.3. The van der Waals surface area contributed by atoms with Crippen molar-refractivity contribution >= 4 is 5.97 Å². The maximum absolute atomic E-state index is 13.3. The van der Waals surface area contributed by atoms with Gasteiger partial charge >= 0.3 is 12.1 Å². The lowest BCUT2D eigenvalue weighted by Gasteiger charge is -2.16. The van der Waals surface area contributed by atoms with E-state index in [4.69, 9.17) is 9.84 Å². The molecule has 0 aliphatic heterocycles. The minimum Gasteiger partial charge on any atom is -0.490 e. The maximum Gasteiger partial charge on any atom is 0.416 e. The topological polar surface area (TPSA) is 46.5 Å². The van der Waals surface area contributed by atoms with Gasteiger partial charge in [0.25, 0.3) is 0 Å². The Balaban J connectivity index is 2.68. The highest BCUT2D eigenvalue weighted by atomic mass is 19.4. The van der Waals surface area contributed by atoms with Gasteiger partial charge in [0.1, 0.15) is 12.4 Å². The van der Waals surface area contributed by atoms with E-state index in [-0.39, 0.29) is 5.75 Å². The first-order chi connectivity index (χ1) is 8.13. The number of hydrogen-bond acceptors (Lipinski definition) is 2. The summed E-state index contributed by atoms with van der Waals surface area (Å²) in [5.41, 5.74) is -3.46. The fraction of sp³-hybridized carbons (Fsp3) is 0.364. The standard InChI is InChI=1S/C11H10F4O3/c1-10(12,9(16)17)6-18-8-4-2-7(3-5-8)11(13,14)15/h2-5H,6H2,1H3,(H,16,17). The number of carbonyl (C=O) groups is 1. The lowest BCUT2D eigenvalue weighted by Crippen LogP contribution is -2.36. The van der Waals surface area contributed by atoms with Gasteiger partial charge in [-0.15, -0.1) is 0 Å². The second-order valence-corrected chi connectivity index (χ2v) is 3.81. The molecule has 0 fully saturated rings. The Morgan fingerprint density at radius 3 is 2.11 bits per heavy atom. The summed E-state index contributed by atoms with van der Waals surface area (Å²) in [7, 11) is 0. The van der Waals surface area contributed by atoms with Gasteiger partial charge in [-0.3, -0.25) is 0 Å². The van der Waals surface area contributed by atoms with Gasteiger partial charge in [-0.05, 0) is 31.2 Å². The van der Waals surface area contributed by atoms with E-state index in [1.54, 1.807) is 0 Å². The van der Waals surface area contributed by atoms with Gasteiger partial charge in [-0.2, -0.15) is 13.2 Å². The third kappa shape index (κ3) is 3.61. The Bertz CT molecular complexity index is 423. The third-order valence-electron chi connectivity index (χ3n) is 2.14. The molecule has 0 spiro atoms. The molecule has 1 aromatic rings. The highest BCUT2D eigenvalue weighted by Crippen LogP contribution is 2.30. The van der Waals surface area contributed by atoms with Crippen LogP contribution in [-0.4, -0.2) is 23.4 Å². The molecule has 0 aromatic heterocycles. The summed E-state index contributed by atoms with van der Waals surface area (Å²) in [6.45, 7) is 0.0209. The highest BCUT2D eigenvalue weighted by Gasteiger charge is 2.34. The lowest BCUT2D eigenvalue weighted by atomic mass is 10.1. The largest absolute Gasteiger partial charge is 0.490 e. The highest BCUT2D eigenvalue weighted by molar-refractivity contribution is 5.76. The van der Waals surface area contributed by atoms with E-state index >= 15 is 0 Å². The monoisotopic (exact) mass is 266 g/mol. The fourth-order valence-electron chi connectivity index (χ4n) is 1.02. The number of carboxylic acid groups (broad SMARTS) is 1. The molecule has 0 aliphatic rings. The van der Waals surface area contributed by atoms with Crippen molar-refractivity contribution in [3.05, 3.63) is 29.8 Å². The molecule has 0 bridgehead atoms. The number of aliphatic carboxylic acids is 1. The van der Waals surface area contributed by atoms with E-state index in [1.807, 2.05) is 0 Å². The first-order valence-corrected chi connectivity index (χ1v) is 4.85. The Morgan fingerprint density at radius 1 is 1.22 bits per heavy atom. The Labute approximate surface area is 100.0 Å². The summed E-state index contributed by atoms with van der Waals surface area (Å²) >= 11 is 0. The van der Waals surface area contributed by atoms with E-state index in [0.29, 0.717) is 0 Å². The quantitative estimate of drug-likeness (QED) is 0.852. The molecule has 0 saturated carbocycles. The van der Waals surface area contributed by atoms with Gasteiger partial charge in [0, 0.05) is 0 Å². The molecule has 100 valence electrons. The molecule has 0 radical (unpaired) electrons. The molecule has 0 heterocycles. The number of halogens is 4. The summed E-state index contributed by atoms with van der Waals surface area (Å²) in [5, 5.41) is 8.47. The van der Waals surface area contributed by atoms with Crippen molar-refractivity contribution in [1.82, 2.24) is 0 Å². The zero-order valence-corrected chi connectivity index (χ0v) is 9.29. The van der Waals surface area contributed by atoms with Crippen molar-refractivity contribution in [3.8, 4) is 5.75 Å². The number of rotatable bonds is 4. The predicted octanol–water partition coefficient (Wildman–Crippen LogP) is 2.90. The normalized spacial score (nSPS) is 14.9. The Hall–Kier alpha value is -1.79. The van der Waals surface area contributed by atoms with E-state index in [9.17, 15) is 22.4 Å². The average molecular weight is 266 g/mol. The van der Waals surface area contributed by atoms with Crippen molar-refractivity contribution in [3.63, 3.8) is 0 Å². The molecule has 1 atom stereocenters. The first-order valence-electron chi connectivity index (χ1n) is 4.85. The molecular formula is C11H10F4O3. The van der Waals surface area contributed by atoms with Crippen LogP contribution in [0.5, 0.6) is 5.75 Å². The van der Waals surface area contributed by atoms with Crippen LogP contribution in [0.3, 0.4) is 0 Å². The van der Waals surface area contributed by atoms with Crippen molar-refractivity contribution in [2.75, 3.05) is 6.61 Å². The summed E-state index contributed by atoms with van der Waals surface area (Å²) in [6.07, 6.45) is -4.46. The van der Waals surface area contributed by atoms with Crippen LogP contribution in [0.4, 0.5) is 17.6 Å². The van der Waals surface area contributed by atoms with Crippen LogP contribution >= 0.6 is 0 Å². The second-order valence-electron chi connectivity index (χ2n) is 3.81. The average Bonchev–Trinajstić information content (AvgIpc) is 2.25. The molecule has 18 heavy (non-hydrogen) atoms. The van der Waals surface area contributed by atoms with E-state index in [1.165, 1.54) is 0 Å². The van der Waals surface area contributed by atoms with Crippen LogP contribution in [0, 0.1) is 0 Å². The van der Waals surface area contributed by atoms with Gasteiger partial charge in [-0.25, -0.2) is 9.18 Å². The molecular weight excluding hydrogens is 256 g/mol. The van der Waals surface area contributed by atoms with Gasteiger partial charge in [0.2, 0.25) is 5.67 Å². The van der Waals surface area contributed by atoms with Crippen molar-refractivity contribution in [2.24, 2.45) is 0 Å². The molecule has 3 nitrogen and oxygen atoms in total. The number of benzene rings is 1. The van der Waals surface area contributed by atoms with Crippen LogP contribution in [0.15, 0.2) is 24.3 Å². The minimum absolute atomic E-state index is 0.0341. The number of ether oxygens (including phenoxy) is 1. The number of carboxylic acids is 1. The van der Waals surface area contributed by atoms with Gasteiger partial charge in [0.05, 0.1) is 5.56 Å². The zero-order valence-electron chi connectivity index (χ0n) is 9.29. The van der Waals surface area contributed by atoms with Crippen LogP contribution in [0.1, 0.15) is 12.5 Å². The molecule has 1 N–H and O–H groups in total. The Kier molecular flexibility index (Phi) is 3.83. The Morgan fingerprint density at radius 2 is 1.72 bits per heavy atom. The summed E-state index contributed by atoms with van der Waals surface area (Å²) in [5.74, 6) is -1.73. The van der Waals surface area contributed by atoms with E-state index < -0.39 is 30.0 Å². The molecule has 7 heteroatoms. The molecule has 0 amide bonds. The van der Waals surface area contributed by atoms with Gasteiger partial charge in [0.15, 0.2) is 0 Å². The smallest absolute Gasteiger partial charge is 0.416 e. The van der Waals surface area contributed by atoms with Gasteiger partial charge in [-0.1, -0.05) is 0 Å². The SMILES string of the molecule is CC(F)(COc1ccc(C(F)(F)F)cc1)C(=O)O. The summed E-state index contributed by atoms with van der Waals surface area (Å²) < 4.78 is 54.7. The number of alkyl halides is 4. The van der Waals surface area contributed by atoms with E-state index in [2.05, 4.69) is 0 Å². The molecule has 0 aliphatic carbocycles. The van der Waals surface area contributed by atoms with Gasteiger partial charge < -0.3 is 9.84 Å². The minimum atomic E-state index is -4.46. The van der Waals surface area contributed by atoms with Crippen LogP contribution in [0.2, 0.25) is 0 Å². The third-order valence-corrected chi connectivity index (χ3v) is 2.14. The first kappa shape index (κ1) is 14.3. The van der Waals surface area contributed by atoms with Crippen molar-refractivity contribution in [2.45, 2.75) is 18.8 Å². The molecule has 0 saturated heterocycles. The fourth-order valence-corrected chi connectivity index (χ4v) is 1.02.